The molecular formula is C17H28N4. The number of nitrogens with zero attached hydrogens (tertiary/aromatic N) is 3. The number of hydrogen-bond acceptors (Lipinski definition) is 4. The van der Waals surface area contributed by atoms with Crippen LogP contribution in [0.5, 0.6) is 0 Å². The maximum atomic E-state index is 4.94. The molecule has 1 saturated heterocycles. The average molecular weight is 288 g/mol. The van der Waals surface area contributed by atoms with Gasteiger partial charge < -0.3 is 10.2 Å². The molecule has 4 nitrogen and oxygen atoms in total. The summed E-state index contributed by atoms with van der Waals surface area (Å²) in [4.78, 5) is 12.2. The molecule has 1 saturated carbocycles. The van der Waals surface area contributed by atoms with Gasteiger partial charge >= 0.3 is 0 Å². The fraction of sp³-hybridized carbons (Fsp3) is 0.765. The minimum Gasteiger partial charge on any atom is -0.370 e. The van der Waals surface area contributed by atoms with Gasteiger partial charge in [0.2, 0.25) is 0 Å². The Morgan fingerprint density at radius 3 is 2.67 bits per heavy atom. The fourth-order valence-corrected chi connectivity index (χ4v) is 3.30. The molecule has 1 aliphatic heterocycles. The Balaban J connectivity index is 1.95. The first-order valence-corrected chi connectivity index (χ1v) is 8.37. The molecule has 2 fully saturated rings. The number of nitrogens with one attached hydrogen (secondary N) is 1. The molecule has 3 rings (SSSR count). The molecule has 21 heavy (non-hydrogen) atoms. The van der Waals surface area contributed by atoms with Crippen molar-refractivity contribution in [2.45, 2.75) is 59.3 Å². The Labute approximate surface area is 128 Å². The van der Waals surface area contributed by atoms with E-state index in [2.05, 4.69) is 37.9 Å². The second-order valence-corrected chi connectivity index (χ2v) is 7.37. The zero-order valence-electron chi connectivity index (χ0n) is 13.9. The van der Waals surface area contributed by atoms with E-state index >= 15 is 0 Å². The van der Waals surface area contributed by atoms with E-state index in [1.165, 1.54) is 31.2 Å². The molecule has 0 radical (unpaired) electrons. The van der Waals surface area contributed by atoms with Gasteiger partial charge in [0.1, 0.15) is 17.5 Å². The Morgan fingerprint density at radius 2 is 2.05 bits per heavy atom. The summed E-state index contributed by atoms with van der Waals surface area (Å²) in [5.41, 5.74) is 1.59. The standard InChI is InChI=1S/C17H28N4/c1-5-18-14-12(2)16(20-15(19-14)13-7-8-13)21-10-6-9-17(3,4)11-21/h13H,5-11H2,1-4H3,(H,18,19,20). The van der Waals surface area contributed by atoms with Crippen LogP contribution < -0.4 is 10.2 Å². The topological polar surface area (TPSA) is 41.1 Å². The van der Waals surface area contributed by atoms with E-state index in [1.807, 2.05) is 0 Å². The third kappa shape index (κ3) is 3.14. The van der Waals surface area contributed by atoms with Gasteiger partial charge in [0, 0.05) is 31.1 Å². The van der Waals surface area contributed by atoms with Gasteiger partial charge in [-0.3, -0.25) is 0 Å². The maximum Gasteiger partial charge on any atom is 0.137 e. The number of piperidine rings is 1. The molecule has 1 aromatic heterocycles. The highest BCUT2D eigenvalue weighted by Crippen LogP contribution is 2.41. The van der Waals surface area contributed by atoms with Crippen LogP contribution in [0.2, 0.25) is 0 Å². The third-order valence-corrected chi connectivity index (χ3v) is 4.62. The molecule has 0 spiro atoms. The Hall–Kier alpha value is -1.32. The Bertz CT molecular complexity index is 520. The van der Waals surface area contributed by atoms with Crippen molar-refractivity contribution in [1.82, 2.24) is 9.97 Å². The van der Waals surface area contributed by atoms with E-state index in [9.17, 15) is 0 Å². The number of rotatable bonds is 4. The average Bonchev–Trinajstić information content (AvgIpc) is 3.24. The van der Waals surface area contributed by atoms with Crippen LogP contribution in [0.3, 0.4) is 0 Å². The lowest BCUT2D eigenvalue weighted by Crippen LogP contribution is -2.41. The van der Waals surface area contributed by atoms with Crippen LogP contribution in [0.15, 0.2) is 0 Å². The molecule has 0 aromatic carbocycles. The van der Waals surface area contributed by atoms with E-state index in [1.54, 1.807) is 0 Å². The van der Waals surface area contributed by atoms with Crippen LogP contribution in [0.4, 0.5) is 11.6 Å². The summed E-state index contributed by atoms with van der Waals surface area (Å²) in [7, 11) is 0. The monoisotopic (exact) mass is 288 g/mol. The first-order chi connectivity index (χ1) is 10.00. The van der Waals surface area contributed by atoms with Gasteiger partial charge in [-0.05, 0) is 44.9 Å². The van der Waals surface area contributed by atoms with Gasteiger partial charge in [-0.15, -0.1) is 0 Å². The molecule has 0 unspecified atom stereocenters. The van der Waals surface area contributed by atoms with E-state index in [0.29, 0.717) is 11.3 Å². The highest BCUT2D eigenvalue weighted by atomic mass is 15.2. The normalized spacial score (nSPS) is 21.4. The smallest absolute Gasteiger partial charge is 0.137 e. The summed E-state index contributed by atoms with van der Waals surface area (Å²) >= 11 is 0. The minimum atomic E-state index is 0.383. The van der Waals surface area contributed by atoms with Crippen LogP contribution in [-0.2, 0) is 0 Å². The van der Waals surface area contributed by atoms with Gasteiger partial charge in [-0.2, -0.15) is 0 Å². The molecule has 1 N–H and O–H groups in total. The lowest BCUT2D eigenvalue weighted by Gasteiger charge is -2.39. The Morgan fingerprint density at radius 1 is 1.29 bits per heavy atom. The molecular weight excluding hydrogens is 260 g/mol. The van der Waals surface area contributed by atoms with Crippen molar-refractivity contribution in [2.75, 3.05) is 29.9 Å². The highest BCUT2D eigenvalue weighted by Gasteiger charge is 2.32. The largest absolute Gasteiger partial charge is 0.370 e. The van der Waals surface area contributed by atoms with Gasteiger partial charge in [0.05, 0.1) is 0 Å². The Kier molecular flexibility index (Phi) is 3.80. The number of anilines is 2. The van der Waals surface area contributed by atoms with Crippen LogP contribution in [0, 0.1) is 12.3 Å². The molecule has 1 aromatic rings. The van der Waals surface area contributed by atoms with Crippen LogP contribution in [0.25, 0.3) is 0 Å². The quantitative estimate of drug-likeness (QED) is 0.916. The molecule has 2 heterocycles. The number of aromatic nitrogens is 2. The molecule has 0 atom stereocenters. The summed E-state index contributed by atoms with van der Waals surface area (Å²) < 4.78 is 0. The van der Waals surface area contributed by atoms with Gasteiger partial charge in [0.15, 0.2) is 0 Å². The summed E-state index contributed by atoms with van der Waals surface area (Å²) in [6, 6.07) is 0. The zero-order valence-corrected chi connectivity index (χ0v) is 13.9. The van der Waals surface area contributed by atoms with Crippen molar-refractivity contribution in [1.29, 1.82) is 0 Å². The van der Waals surface area contributed by atoms with Crippen LogP contribution >= 0.6 is 0 Å². The van der Waals surface area contributed by atoms with Gasteiger partial charge in [-0.25, -0.2) is 9.97 Å². The van der Waals surface area contributed by atoms with Crippen molar-refractivity contribution in [3.8, 4) is 0 Å². The fourth-order valence-electron chi connectivity index (χ4n) is 3.30. The molecule has 2 aliphatic rings. The predicted molar refractivity (Wildman–Crippen MR) is 88.1 cm³/mol. The summed E-state index contributed by atoms with van der Waals surface area (Å²) in [6.45, 7) is 12.1. The molecule has 116 valence electrons. The van der Waals surface area contributed by atoms with E-state index in [4.69, 9.17) is 9.97 Å². The summed E-state index contributed by atoms with van der Waals surface area (Å²) in [5, 5.41) is 3.42. The second-order valence-electron chi connectivity index (χ2n) is 7.37. The zero-order chi connectivity index (χ0) is 15.0. The summed E-state index contributed by atoms with van der Waals surface area (Å²) in [6.07, 6.45) is 5.06. The lowest BCUT2D eigenvalue weighted by molar-refractivity contribution is 0.291. The van der Waals surface area contributed by atoms with E-state index in [0.717, 1.165) is 37.1 Å². The lowest BCUT2D eigenvalue weighted by atomic mass is 9.84. The first-order valence-electron chi connectivity index (χ1n) is 8.37. The number of hydrogen-bond donors (Lipinski definition) is 1. The van der Waals surface area contributed by atoms with Crippen molar-refractivity contribution < 1.29 is 0 Å². The van der Waals surface area contributed by atoms with E-state index in [-0.39, 0.29) is 0 Å². The first kappa shape index (κ1) is 14.6. The molecule has 4 heteroatoms. The maximum absolute atomic E-state index is 4.94. The van der Waals surface area contributed by atoms with E-state index < -0.39 is 0 Å². The van der Waals surface area contributed by atoms with Crippen molar-refractivity contribution >= 4 is 11.6 Å². The van der Waals surface area contributed by atoms with Crippen molar-refractivity contribution in [3.63, 3.8) is 0 Å². The molecule has 0 bridgehead atoms. The minimum absolute atomic E-state index is 0.383. The van der Waals surface area contributed by atoms with Gasteiger partial charge in [0.25, 0.3) is 0 Å². The van der Waals surface area contributed by atoms with Crippen LogP contribution in [0.1, 0.15) is 63.8 Å². The predicted octanol–water partition coefficient (Wildman–Crippen LogP) is 3.72. The molecule has 1 aliphatic carbocycles. The van der Waals surface area contributed by atoms with Crippen molar-refractivity contribution in [2.24, 2.45) is 5.41 Å². The second kappa shape index (κ2) is 5.47. The van der Waals surface area contributed by atoms with Crippen LogP contribution in [-0.4, -0.2) is 29.6 Å². The molecule has 0 amide bonds. The van der Waals surface area contributed by atoms with Crippen molar-refractivity contribution in [3.05, 3.63) is 11.4 Å². The SMILES string of the molecule is CCNc1nc(C2CC2)nc(N2CCCC(C)(C)C2)c1C. The van der Waals surface area contributed by atoms with Gasteiger partial charge in [-0.1, -0.05) is 13.8 Å². The highest BCUT2D eigenvalue weighted by molar-refractivity contribution is 5.59. The third-order valence-electron chi connectivity index (χ3n) is 4.62. The summed E-state index contributed by atoms with van der Waals surface area (Å²) in [5.74, 6) is 3.85.